The summed E-state index contributed by atoms with van der Waals surface area (Å²) < 4.78 is 0. The third-order valence-corrected chi connectivity index (χ3v) is 3.74. The van der Waals surface area contributed by atoms with Crippen LogP contribution in [0.3, 0.4) is 0 Å². The van der Waals surface area contributed by atoms with Gasteiger partial charge in [-0.05, 0) is 38.3 Å². The molecule has 0 fully saturated rings. The summed E-state index contributed by atoms with van der Waals surface area (Å²) in [5, 5.41) is 0. The summed E-state index contributed by atoms with van der Waals surface area (Å²) in [6.45, 7) is 9.15. The fourth-order valence-electron chi connectivity index (χ4n) is 2.48. The van der Waals surface area contributed by atoms with E-state index >= 15 is 0 Å². The van der Waals surface area contributed by atoms with Crippen molar-refractivity contribution in [1.82, 2.24) is 0 Å². The van der Waals surface area contributed by atoms with Crippen LogP contribution in [0.5, 0.6) is 0 Å². The number of carbonyl (C=O) groups excluding carboxylic acids is 1. The number of amides is 1. The highest BCUT2D eigenvalue weighted by atomic mass is 16.2. The lowest BCUT2D eigenvalue weighted by atomic mass is 9.97. The summed E-state index contributed by atoms with van der Waals surface area (Å²) in [5.74, 6) is 0.451. The smallest absolute Gasteiger partial charge is 0.230 e. The Hall–Kier alpha value is -1.31. The van der Waals surface area contributed by atoms with Crippen LogP contribution >= 0.6 is 0 Å². The largest absolute Gasteiger partial charge is 0.312 e. The van der Waals surface area contributed by atoms with Gasteiger partial charge in [0.15, 0.2) is 0 Å². The minimum absolute atomic E-state index is 0.166. The zero-order valence-corrected chi connectivity index (χ0v) is 12.8. The van der Waals surface area contributed by atoms with E-state index in [1.54, 1.807) is 0 Å². The van der Waals surface area contributed by atoms with E-state index in [2.05, 4.69) is 33.8 Å². The Morgan fingerprint density at radius 2 is 1.89 bits per heavy atom. The molecule has 1 aromatic rings. The van der Waals surface area contributed by atoms with Gasteiger partial charge in [0.05, 0.1) is 0 Å². The van der Waals surface area contributed by atoms with Crippen LogP contribution in [0, 0.1) is 12.8 Å². The van der Waals surface area contributed by atoms with Crippen LogP contribution in [0.15, 0.2) is 24.3 Å². The number of hydrogen-bond donors (Lipinski definition) is 0. The summed E-state index contributed by atoms with van der Waals surface area (Å²) in [7, 11) is 0. The number of para-hydroxylation sites is 1. The minimum atomic E-state index is 0.166. The first-order valence-corrected chi connectivity index (χ1v) is 7.52. The third kappa shape index (κ3) is 4.09. The first-order chi connectivity index (χ1) is 9.15. The molecule has 106 valence electrons. The van der Waals surface area contributed by atoms with Gasteiger partial charge in [0.25, 0.3) is 0 Å². The normalized spacial score (nSPS) is 12.2. The monoisotopic (exact) mass is 261 g/mol. The highest BCUT2D eigenvalue weighted by molar-refractivity contribution is 5.95. The van der Waals surface area contributed by atoms with E-state index in [0.717, 1.165) is 37.9 Å². The molecule has 1 rings (SSSR count). The molecule has 0 heterocycles. The molecule has 0 aromatic heterocycles. The predicted molar refractivity (Wildman–Crippen MR) is 82.5 cm³/mol. The molecular formula is C17H27NO. The third-order valence-electron chi connectivity index (χ3n) is 3.74. The van der Waals surface area contributed by atoms with Gasteiger partial charge in [-0.2, -0.15) is 0 Å². The van der Waals surface area contributed by atoms with Gasteiger partial charge >= 0.3 is 0 Å². The number of carbonyl (C=O) groups is 1. The Labute approximate surface area is 117 Å². The van der Waals surface area contributed by atoms with Gasteiger partial charge in [-0.3, -0.25) is 4.79 Å². The van der Waals surface area contributed by atoms with Crippen molar-refractivity contribution >= 4 is 11.6 Å². The van der Waals surface area contributed by atoms with Crippen LogP contribution < -0.4 is 4.90 Å². The molecule has 1 atom stereocenters. The molecule has 0 bridgehead atoms. The SMILES string of the molecule is CCCCC(CC)C(=O)N(CC)c1ccccc1C. The van der Waals surface area contributed by atoms with Gasteiger partial charge in [0.1, 0.15) is 0 Å². The Bertz CT molecular complexity index is 400. The molecular weight excluding hydrogens is 234 g/mol. The molecule has 0 aliphatic heterocycles. The Kier molecular flexibility index (Phi) is 6.61. The first kappa shape index (κ1) is 15.7. The van der Waals surface area contributed by atoms with Crippen LogP contribution in [0.1, 0.15) is 52.0 Å². The Morgan fingerprint density at radius 3 is 2.42 bits per heavy atom. The molecule has 0 saturated carbocycles. The second-order valence-corrected chi connectivity index (χ2v) is 5.12. The van der Waals surface area contributed by atoms with E-state index in [4.69, 9.17) is 0 Å². The topological polar surface area (TPSA) is 20.3 Å². The van der Waals surface area contributed by atoms with Gasteiger partial charge < -0.3 is 4.90 Å². The van der Waals surface area contributed by atoms with Crippen LogP contribution in [-0.4, -0.2) is 12.5 Å². The Balaban J connectivity index is 2.90. The van der Waals surface area contributed by atoms with Crippen molar-refractivity contribution in [2.75, 3.05) is 11.4 Å². The molecule has 0 aliphatic carbocycles. The van der Waals surface area contributed by atoms with Crippen LogP contribution in [0.25, 0.3) is 0 Å². The first-order valence-electron chi connectivity index (χ1n) is 7.52. The number of aryl methyl sites for hydroxylation is 1. The lowest BCUT2D eigenvalue weighted by Gasteiger charge is -2.27. The number of nitrogens with zero attached hydrogens (tertiary/aromatic N) is 1. The van der Waals surface area contributed by atoms with Crippen LogP contribution in [-0.2, 0) is 4.79 Å². The summed E-state index contributed by atoms with van der Waals surface area (Å²) in [4.78, 5) is 14.6. The van der Waals surface area contributed by atoms with E-state index in [-0.39, 0.29) is 11.8 Å². The van der Waals surface area contributed by atoms with Crippen molar-refractivity contribution in [1.29, 1.82) is 0 Å². The molecule has 1 unspecified atom stereocenters. The average Bonchev–Trinajstić information content (AvgIpc) is 2.42. The average molecular weight is 261 g/mol. The number of anilines is 1. The van der Waals surface area contributed by atoms with Crippen molar-refractivity contribution in [3.05, 3.63) is 29.8 Å². The molecule has 0 saturated heterocycles. The maximum Gasteiger partial charge on any atom is 0.230 e. The maximum absolute atomic E-state index is 12.7. The predicted octanol–water partition coefficient (Wildman–Crippen LogP) is 4.56. The number of hydrogen-bond acceptors (Lipinski definition) is 1. The maximum atomic E-state index is 12.7. The second kappa shape index (κ2) is 7.98. The van der Waals surface area contributed by atoms with E-state index in [1.807, 2.05) is 23.1 Å². The van der Waals surface area contributed by atoms with Crippen molar-refractivity contribution < 1.29 is 4.79 Å². The highest BCUT2D eigenvalue weighted by Gasteiger charge is 2.23. The molecule has 0 spiro atoms. The fraction of sp³-hybridized carbons (Fsp3) is 0.588. The summed E-state index contributed by atoms with van der Waals surface area (Å²) in [6.07, 6.45) is 4.23. The van der Waals surface area contributed by atoms with Gasteiger partial charge in [-0.1, -0.05) is 44.9 Å². The lowest BCUT2D eigenvalue weighted by molar-refractivity contribution is -0.122. The van der Waals surface area contributed by atoms with Crippen molar-refractivity contribution in [2.45, 2.75) is 53.4 Å². The number of rotatable bonds is 7. The van der Waals surface area contributed by atoms with Crippen molar-refractivity contribution in [3.8, 4) is 0 Å². The molecule has 19 heavy (non-hydrogen) atoms. The molecule has 0 aliphatic rings. The zero-order valence-electron chi connectivity index (χ0n) is 12.8. The summed E-state index contributed by atoms with van der Waals surface area (Å²) in [6, 6.07) is 8.14. The summed E-state index contributed by atoms with van der Waals surface area (Å²) in [5.41, 5.74) is 2.23. The van der Waals surface area contributed by atoms with Gasteiger partial charge in [0.2, 0.25) is 5.91 Å². The lowest BCUT2D eigenvalue weighted by Crippen LogP contribution is -2.36. The minimum Gasteiger partial charge on any atom is -0.312 e. The van der Waals surface area contributed by atoms with Gasteiger partial charge in [-0.15, -0.1) is 0 Å². The van der Waals surface area contributed by atoms with E-state index in [1.165, 1.54) is 5.56 Å². The molecule has 1 amide bonds. The van der Waals surface area contributed by atoms with Gasteiger partial charge in [0, 0.05) is 18.2 Å². The Morgan fingerprint density at radius 1 is 1.21 bits per heavy atom. The van der Waals surface area contributed by atoms with Gasteiger partial charge in [-0.25, -0.2) is 0 Å². The molecule has 1 aromatic carbocycles. The quantitative estimate of drug-likeness (QED) is 0.704. The second-order valence-electron chi connectivity index (χ2n) is 5.12. The van der Waals surface area contributed by atoms with E-state index in [9.17, 15) is 4.79 Å². The number of benzene rings is 1. The molecule has 2 nitrogen and oxygen atoms in total. The summed E-state index contributed by atoms with van der Waals surface area (Å²) >= 11 is 0. The van der Waals surface area contributed by atoms with Crippen LogP contribution in [0.2, 0.25) is 0 Å². The standard InChI is InChI=1S/C17H27NO/c1-5-8-12-15(6-2)17(19)18(7-3)16-13-10-9-11-14(16)4/h9-11,13,15H,5-8,12H2,1-4H3. The highest BCUT2D eigenvalue weighted by Crippen LogP contribution is 2.24. The molecule has 0 radical (unpaired) electrons. The van der Waals surface area contributed by atoms with Crippen LogP contribution in [0.4, 0.5) is 5.69 Å². The van der Waals surface area contributed by atoms with Crippen molar-refractivity contribution in [2.24, 2.45) is 5.92 Å². The fourth-order valence-corrected chi connectivity index (χ4v) is 2.48. The molecule has 0 N–H and O–H groups in total. The van der Waals surface area contributed by atoms with E-state index < -0.39 is 0 Å². The van der Waals surface area contributed by atoms with E-state index in [0.29, 0.717) is 0 Å². The van der Waals surface area contributed by atoms with Crippen molar-refractivity contribution in [3.63, 3.8) is 0 Å². The number of unbranched alkanes of at least 4 members (excludes halogenated alkanes) is 1. The zero-order chi connectivity index (χ0) is 14.3. The molecule has 2 heteroatoms.